The standard InChI is InChI=1S/C10H19NO3/c1-10(2,3)4-9(14)11-5-7(12)8(13)6-11/h7-8,12-13H,4-6H2,1-3H3/t7-,8+. The minimum atomic E-state index is -0.779. The van der Waals surface area contributed by atoms with E-state index in [9.17, 15) is 15.0 Å². The summed E-state index contributed by atoms with van der Waals surface area (Å²) in [5.74, 6) is 0.00750. The Morgan fingerprint density at radius 1 is 1.29 bits per heavy atom. The van der Waals surface area contributed by atoms with Gasteiger partial charge in [0.2, 0.25) is 5.91 Å². The summed E-state index contributed by atoms with van der Waals surface area (Å²) in [6.07, 6.45) is -1.11. The van der Waals surface area contributed by atoms with Crippen molar-refractivity contribution in [2.45, 2.75) is 39.4 Å². The van der Waals surface area contributed by atoms with Crippen LogP contribution >= 0.6 is 0 Å². The van der Waals surface area contributed by atoms with Crippen LogP contribution in [0.1, 0.15) is 27.2 Å². The van der Waals surface area contributed by atoms with Gasteiger partial charge >= 0.3 is 0 Å². The summed E-state index contributed by atoms with van der Waals surface area (Å²) in [6, 6.07) is 0. The van der Waals surface area contributed by atoms with E-state index in [1.54, 1.807) is 0 Å². The molecule has 0 aromatic carbocycles. The fraction of sp³-hybridized carbons (Fsp3) is 0.900. The summed E-state index contributed by atoms with van der Waals surface area (Å²) in [5, 5.41) is 18.5. The number of carbonyl (C=O) groups is 1. The van der Waals surface area contributed by atoms with Crippen LogP contribution in [0.2, 0.25) is 0 Å². The highest BCUT2D eigenvalue weighted by Crippen LogP contribution is 2.21. The lowest BCUT2D eigenvalue weighted by molar-refractivity contribution is -0.132. The Balaban J connectivity index is 2.48. The van der Waals surface area contributed by atoms with Gasteiger partial charge in [0.1, 0.15) is 0 Å². The SMILES string of the molecule is CC(C)(C)CC(=O)N1C[C@@H](O)[C@@H](O)C1. The van der Waals surface area contributed by atoms with E-state index in [4.69, 9.17) is 0 Å². The number of hydrogen-bond acceptors (Lipinski definition) is 3. The molecular formula is C10H19NO3. The van der Waals surface area contributed by atoms with E-state index in [0.29, 0.717) is 6.42 Å². The molecule has 4 heteroatoms. The average Bonchev–Trinajstić information content (AvgIpc) is 2.28. The third kappa shape index (κ3) is 2.96. The summed E-state index contributed by atoms with van der Waals surface area (Å²) in [7, 11) is 0. The Bertz CT molecular complexity index is 212. The fourth-order valence-corrected chi connectivity index (χ4v) is 1.54. The molecule has 2 atom stereocenters. The molecular weight excluding hydrogens is 182 g/mol. The van der Waals surface area contributed by atoms with Crippen LogP contribution in [-0.4, -0.2) is 46.3 Å². The molecule has 1 aliphatic rings. The second-order valence-corrected chi connectivity index (χ2v) is 5.17. The highest BCUT2D eigenvalue weighted by Gasteiger charge is 2.33. The topological polar surface area (TPSA) is 60.8 Å². The minimum Gasteiger partial charge on any atom is -0.388 e. The predicted molar refractivity (Wildman–Crippen MR) is 52.7 cm³/mol. The smallest absolute Gasteiger partial charge is 0.223 e. The molecule has 1 aliphatic heterocycles. The van der Waals surface area contributed by atoms with Crippen molar-refractivity contribution in [1.82, 2.24) is 4.90 Å². The Labute approximate surface area is 84.5 Å². The molecule has 0 unspecified atom stereocenters. The predicted octanol–water partition coefficient (Wildman–Crippen LogP) is -0.0134. The largest absolute Gasteiger partial charge is 0.388 e. The molecule has 0 aromatic rings. The Morgan fingerprint density at radius 2 is 1.71 bits per heavy atom. The molecule has 0 radical (unpaired) electrons. The van der Waals surface area contributed by atoms with E-state index >= 15 is 0 Å². The number of rotatable bonds is 1. The van der Waals surface area contributed by atoms with Crippen LogP contribution in [0.5, 0.6) is 0 Å². The van der Waals surface area contributed by atoms with E-state index in [0.717, 1.165) is 0 Å². The van der Waals surface area contributed by atoms with Crippen LogP contribution in [-0.2, 0) is 4.79 Å². The number of aliphatic hydroxyl groups is 2. The molecule has 0 aromatic heterocycles. The van der Waals surface area contributed by atoms with Gasteiger partial charge in [0.15, 0.2) is 0 Å². The van der Waals surface area contributed by atoms with Gasteiger partial charge in [-0.05, 0) is 5.41 Å². The molecule has 0 bridgehead atoms. The van der Waals surface area contributed by atoms with Crippen molar-refractivity contribution in [3.05, 3.63) is 0 Å². The van der Waals surface area contributed by atoms with Gasteiger partial charge in [-0.2, -0.15) is 0 Å². The van der Waals surface area contributed by atoms with Crippen molar-refractivity contribution < 1.29 is 15.0 Å². The van der Waals surface area contributed by atoms with Crippen molar-refractivity contribution in [2.75, 3.05) is 13.1 Å². The van der Waals surface area contributed by atoms with Crippen molar-refractivity contribution in [2.24, 2.45) is 5.41 Å². The normalized spacial score (nSPS) is 28.2. The first-order valence-electron chi connectivity index (χ1n) is 4.93. The van der Waals surface area contributed by atoms with Gasteiger partial charge in [-0.3, -0.25) is 4.79 Å². The van der Waals surface area contributed by atoms with Gasteiger partial charge in [0, 0.05) is 19.5 Å². The summed E-state index contributed by atoms with van der Waals surface area (Å²) in [4.78, 5) is 13.2. The monoisotopic (exact) mass is 201 g/mol. The molecule has 4 nitrogen and oxygen atoms in total. The second kappa shape index (κ2) is 3.87. The maximum Gasteiger partial charge on any atom is 0.223 e. The fourth-order valence-electron chi connectivity index (χ4n) is 1.54. The van der Waals surface area contributed by atoms with Crippen molar-refractivity contribution in [3.8, 4) is 0 Å². The third-order valence-electron chi connectivity index (χ3n) is 2.29. The van der Waals surface area contributed by atoms with Gasteiger partial charge in [-0.15, -0.1) is 0 Å². The lowest BCUT2D eigenvalue weighted by Gasteiger charge is -2.22. The zero-order valence-electron chi connectivity index (χ0n) is 9.03. The maximum atomic E-state index is 11.7. The van der Waals surface area contributed by atoms with Gasteiger partial charge < -0.3 is 15.1 Å². The van der Waals surface area contributed by atoms with Crippen LogP contribution in [0.25, 0.3) is 0 Å². The lowest BCUT2D eigenvalue weighted by Crippen LogP contribution is -2.32. The first-order chi connectivity index (χ1) is 6.29. The number of carbonyl (C=O) groups excluding carboxylic acids is 1. The third-order valence-corrected chi connectivity index (χ3v) is 2.29. The number of nitrogens with zero attached hydrogens (tertiary/aromatic N) is 1. The van der Waals surface area contributed by atoms with E-state index in [2.05, 4.69) is 0 Å². The number of likely N-dealkylation sites (tertiary alicyclic amines) is 1. The Morgan fingerprint density at radius 3 is 2.07 bits per heavy atom. The Kier molecular flexibility index (Phi) is 3.17. The van der Waals surface area contributed by atoms with Gasteiger partial charge in [-0.1, -0.05) is 20.8 Å². The van der Waals surface area contributed by atoms with E-state index in [1.807, 2.05) is 20.8 Å². The maximum absolute atomic E-state index is 11.7. The molecule has 0 aliphatic carbocycles. The van der Waals surface area contributed by atoms with Gasteiger partial charge in [0.05, 0.1) is 12.2 Å². The number of β-amino-alcohol motifs (C(OH)–C–C–N with tert-alkyl or cyclic N) is 2. The summed E-state index contributed by atoms with van der Waals surface area (Å²) < 4.78 is 0. The average molecular weight is 201 g/mol. The van der Waals surface area contributed by atoms with Crippen LogP contribution < -0.4 is 0 Å². The van der Waals surface area contributed by atoms with Crippen LogP contribution in [0.3, 0.4) is 0 Å². The Hall–Kier alpha value is -0.610. The first kappa shape index (κ1) is 11.5. The minimum absolute atomic E-state index is 0.00750. The van der Waals surface area contributed by atoms with E-state index < -0.39 is 12.2 Å². The second-order valence-electron chi connectivity index (χ2n) is 5.17. The van der Waals surface area contributed by atoms with Crippen LogP contribution in [0.15, 0.2) is 0 Å². The van der Waals surface area contributed by atoms with Gasteiger partial charge in [0.25, 0.3) is 0 Å². The quantitative estimate of drug-likeness (QED) is 0.627. The highest BCUT2D eigenvalue weighted by molar-refractivity contribution is 5.77. The first-order valence-corrected chi connectivity index (χ1v) is 4.93. The number of amides is 1. The molecule has 0 spiro atoms. The molecule has 82 valence electrons. The molecule has 14 heavy (non-hydrogen) atoms. The number of aliphatic hydroxyl groups excluding tert-OH is 2. The molecule has 1 heterocycles. The zero-order valence-corrected chi connectivity index (χ0v) is 9.03. The molecule has 0 saturated carbocycles. The highest BCUT2D eigenvalue weighted by atomic mass is 16.3. The molecule has 1 fully saturated rings. The summed E-state index contributed by atoms with van der Waals surface area (Å²) >= 11 is 0. The van der Waals surface area contributed by atoms with Crippen LogP contribution in [0.4, 0.5) is 0 Å². The van der Waals surface area contributed by atoms with Crippen molar-refractivity contribution >= 4 is 5.91 Å². The zero-order chi connectivity index (χ0) is 10.9. The summed E-state index contributed by atoms with van der Waals surface area (Å²) in [5.41, 5.74) is -0.0461. The van der Waals surface area contributed by atoms with Crippen LogP contribution in [0, 0.1) is 5.41 Å². The van der Waals surface area contributed by atoms with E-state index in [-0.39, 0.29) is 24.4 Å². The molecule has 1 rings (SSSR count). The van der Waals surface area contributed by atoms with Crippen molar-refractivity contribution in [1.29, 1.82) is 0 Å². The molecule has 2 N–H and O–H groups in total. The van der Waals surface area contributed by atoms with Gasteiger partial charge in [-0.25, -0.2) is 0 Å². The van der Waals surface area contributed by atoms with E-state index in [1.165, 1.54) is 4.90 Å². The number of hydrogen-bond donors (Lipinski definition) is 2. The van der Waals surface area contributed by atoms with Crippen molar-refractivity contribution in [3.63, 3.8) is 0 Å². The molecule has 1 amide bonds. The lowest BCUT2D eigenvalue weighted by atomic mass is 9.92. The summed E-state index contributed by atoms with van der Waals surface area (Å²) in [6.45, 7) is 6.50. The molecule has 1 saturated heterocycles.